The molecule has 0 bridgehead atoms. The molecule has 7 nitrogen and oxygen atoms in total. The Morgan fingerprint density at radius 2 is 1.69 bits per heavy atom. The predicted molar refractivity (Wildman–Crippen MR) is 138 cm³/mol. The van der Waals surface area contributed by atoms with Gasteiger partial charge in [-0.15, -0.1) is 0 Å². The number of carboxylic acids is 1. The minimum absolute atomic E-state index is 0.119. The summed E-state index contributed by atoms with van der Waals surface area (Å²) in [5.74, 6) is -0.867. The molecule has 2 aromatic heterocycles. The SMILES string of the molecule is Cc1cc([C@@H]2[C@@H](c3ccccn3)NC(=S)N2c2ccccc2O)c(C)n1-c1ccccc1C(=O)O. The summed E-state index contributed by atoms with van der Waals surface area (Å²) in [6, 6.07) is 21.2. The lowest BCUT2D eigenvalue weighted by Gasteiger charge is -2.28. The average Bonchev–Trinajstić information content (AvgIpc) is 3.35. The smallest absolute Gasteiger partial charge is 0.337 e. The highest BCUT2D eigenvalue weighted by atomic mass is 32.1. The number of aryl methyl sites for hydroxylation is 1. The Labute approximate surface area is 208 Å². The van der Waals surface area contributed by atoms with Gasteiger partial charge in [-0.05, 0) is 74.1 Å². The summed E-state index contributed by atoms with van der Waals surface area (Å²) in [5.41, 5.74) is 4.94. The number of phenols is 1. The second-order valence-corrected chi connectivity index (χ2v) is 8.86. The Hall–Kier alpha value is -4.17. The number of aromatic hydroxyl groups is 1. The minimum atomic E-state index is -0.986. The van der Waals surface area contributed by atoms with Gasteiger partial charge in [0.2, 0.25) is 0 Å². The molecule has 5 rings (SSSR count). The number of phenolic OH excluding ortho intramolecular Hbond substituents is 1. The number of aromatic nitrogens is 2. The average molecular weight is 485 g/mol. The van der Waals surface area contributed by atoms with Crippen molar-refractivity contribution in [2.45, 2.75) is 25.9 Å². The van der Waals surface area contributed by atoms with Crippen molar-refractivity contribution in [3.63, 3.8) is 0 Å². The first kappa shape index (κ1) is 22.6. The fourth-order valence-electron chi connectivity index (χ4n) is 4.91. The quantitative estimate of drug-likeness (QED) is 0.341. The number of thiocarbonyl (C=S) groups is 1. The van der Waals surface area contributed by atoms with Crippen molar-refractivity contribution in [3.05, 3.63) is 107 Å². The molecule has 1 aliphatic heterocycles. The van der Waals surface area contributed by atoms with Gasteiger partial charge >= 0.3 is 5.97 Å². The molecule has 0 aliphatic carbocycles. The summed E-state index contributed by atoms with van der Waals surface area (Å²) in [7, 11) is 0. The Bertz CT molecular complexity index is 1430. The van der Waals surface area contributed by atoms with Crippen LogP contribution in [-0.2, 0) is 0 Å². The maximum atomic E-state index is 12.0. The third-order valence-corrected chi connectivity index (χ3v) is 6.72. The van der Waals surface area contributed by atoms with Crippen LogP contribution in [-0.4, -0.2) is 30.8 Å². The van der Waals surface area contributed by atoms with E-state index in [0.717, 1.165) is 22.6 Å². The van der Waals surface area contributed by atoms with Gasteiger partial charge in [-0.1, -0.05) is 30.3 Å². The number of anilines is 1. The van der Waals surface area contributed by atoms with Crippen LogP contribution >= 0.6 is 12.2 Å². The summed E-state index contributed by atoms with van der Waals surface area (Å²) in [6.45, 7) is 3.93. The van der Waals surface area contributed by atoms with E-state index in [1.165, 1.54) is 0 Å². The van der Waals surface area contributed by atoms with E-state index in [9.17, 15) is 15.0 Å². The van der Waals surface area contributed by atoms with Gasteiger partial charge in [0.15, 0.2) is 5.11 Å². The standard InChI is InChI=1S/C27H24N4O3S/c1-16-15-19(17(2)30(16)21-11-4-3-9-18(21)26(33)34)25-24(20-10-7-8-14-28-20)29-27(35)31(25)22-12-5-6-13-23(22)32/h3-15,24-25,32H,1-2H3,(H,29,35)(H,33,34)/t24-,25-/m1/s1. The molecule has 2 aromatic carbocycles. The molecule has 2 atom stereocenters. The molecule has 0 radical (unpaired) electrons. The topological polar surface area (TPSA) is 90.6 Å². The lowest BCUT2D eigenvalue weighted by Crippen LogP contribution is -2.29. The summed E-state index contributed by atoms with van der Waals surface area (Å²) in [6.07, 6.45) is 1.74. The van der Waals surface area contributed by atoms with Crippen LogP contribution in [0.5, 0.6) is 5.75 Å². The van der Waals surface area contributed by atoms with E-state index in [1.54, 1.807) is 30.5 Å². The lowest BCUT2D eigenvalue weighted by atomic mass is 9.96. The Balaban J connectivity index is 1.72. The number of para-hydroxylation sites is 3. The van der Waals surface area contributed by atoms with E-state index in [2.05, 4.69) is 16.4 Å². The van der Waals surface area contributed by atoms with Gasteiger partial charge in [0.05, 0.1) is 34.7 Å². The van der Waals surface area contributed by atoms with E-state index in [4.69, 9.17) is 12.2 Å². The Morgan fingerprint density at radius 3 is 2.37 bits per heavy atom. The molecule has 1 aliphatic rings. The van der Waals surface area contributed by atoms with Crippen LogP contribution < -0.4 is 10.2 Å². The molecule has 0 spiro atoms. The minimum Gasteiger partial charge on any atom is -0.506 e. The van der Waals surface area contributed by atoms with Crippen LogP contribution in [0, 0.1) is 13.8 Å². The number of nitrogens with one attached hydrogen (secondary N) is 1. The molecule has 0 amide bonds. The van der Waals surface area contributed by atoms with Crippen molar-refractivity contribution in [2.24, 2.45) is 0 Å². The molecule has 4 aromatic rings. The number of pyridine rings is 1. The van der Waals surface area contributed by atoms with Crippen molar-refractivity contribution >= 4 is 29.0 Å². The third-order valence-electron chi connectivity index (χ3n) is 6.40. The maximum absolute atomic E-state index is 12.0. The number of carbonyl (C=O) groups is 1. The van der Waals surface area contributed by atoms with E-state index in [-0.39, 0.29) is 23.4 Å². The second-order valence-electron chi connectivity index (χ2n) is 8.47. The Kier molecular flexibility index (Phi) is 5.74. The second kappa shape index (κ2) is 8.88. The van der Waals surface area contributed by atoms with Crippen LogP contribution in [0.1, 0.15) is 45.1 Å². The van der Waals surface area contributed by atoms with Crippen molar-refractivity contribution in [2.75, 3.05) is 4.90 Å². The monoisotopic (exact) mass is 484 g/mol. The van der Waals surface area contributed by atoms with Crippen LogP contribution in [0.25, 0.3) is 5.69 Å². The summed E-state index contributed by atoms with van der Waals surface area (Å²) in [4.78, 5) is 18.4. The Morgan fingerprint density at radius 1 is 1.00 bits per heavy atom. The van der Waals surface area contributed by atoms with Crippen molar-refractivity contribution < 1.29 is 15.0 Å². The highest BCUT2D eigenvalue weighted by molar-refractivity contribution is 7.80. The number of benzene rings is 2. The largest absolute Gasteiger partial charge is 0.506 e. The fraction of sp³-hybridized carbons (Fsp3) is 0.148. The highest BCUT2D eigenvalue weighted by Gasteiger charge is 2.43. The van der Waals surface area contributed by atoms with E-state index in [1.807, 2.05) is 65.8 Å². The molecular weight excluding hydrogens is 460 g/mol. The maximum Gasteiger partial charge on any atom is 0.337 e. The first-order chi connectivity index (χ1) is 16.9. The molecule has 8 heteroatoms. The number of nitrogens with zero attached hydrogens (tertiary/aromatic N) is 3. The van der Waals surface area contributed by atoms with Gasteiger partial charge < -0.3 is 25.0 Å². The zero-order chi connectivity index (χ0) is 24.7. The third kappa shape index (κ3) is 3.81. The van der Waals surface area contributed by atoms with Crippen molar-refractivity contribution in [3.8, 4) is 11.4 Å². The fourth-order valence-corrected chi connectivity index (χ4v) is 5.24. The zero-order valence-electron chi connectivity index (χ0n) is 19.2. The summed E-state index contributed by atoms with van der Waals surface area (Å²) >= 11 is 5.76. The first-order valence-electron chi connectivity index (χ1n) is 11.2. The number of aromatic carboxylic acids is 1. The molecule has 0 unspecified atom stereocenters. The zero-order valence-corrected chi connectivity index (χ0v) is 20.0. The van der Waals surface area contributed by atoms with Gasteiger partial charge in [0, 0.05) is 17.6 Å². The van der Waals surface area contributed by atoms with E-state index < -0.39 is 5.97 Å². The molecule has 3 N–H and O–H groups in total. The molecule has 0 saturated carbocycles. The summed E-state index contributed by atoms with van der Waals surface area (Å²) < 4.78 is 1.96. The van der Waals surface area contributed by atoms with Crippen LogP contribution in [0.2, 0.25) is 0 Å². The van der Waals surface area contributed by atoms with Gasteiger partial charge in [-0.3, -0.25) is 4.98 Å². The highest BCUT2D eigenvalue weighted by Crippen LogP contribution is 2.45. The number of carboxylic acid groups (broad SMARTS) is 1. The van der Waals surface area contributed by atoms with Crippen LogP contribution in [0.3, 0.4) is 0 Å². The molecule has 1 saturated heterocycles. The number of hydrogen-bond donors (Lipinski definition) is 3. The molecule has 176 valence electrons. The lowest BCUT2D eigenvalue weighted by molar-refractivity contribution is 0.0697. The van der Waals surface area contributed by atoms with Gasteiger partial charge in [0.1, 0.15) is 5.75 Å². The van der Waals surface area contributed by atoms with Gasteiger partial charge in [-0.25, -0.2) is 4.79 Å². The van der Waals surface area contributed by atoms with E-state index >= 15 is 0 Å². The number of rotatable bonds is 5. The molecule has 35 heavy (non-hydrogen) atoms. The van der Waals surface area contributed by atoms with Gasteiger partial charge in [0.25, 0.3) is 0 Å². The molecule has 1 fully saturated rings. The van der Waals surface area contributed by atoms with Crippen molar-refractivity contribution in [1.29, 1.82) is 0 Å². The van der Waals surface area contributed by atoms with Crippen molar-refractivity contribution in [1.82, 2.24) is 14.9 Å². The molecular formula is C27H24N4O3S. The van der Waals surface area contributed by atoms with Crippen LogP contribution in [0.4, 0.5) is 5.69 Å². The van der Waals surface area contributed by atoms with Gasteiger partial charge in [-0.2, -0.15) is 0 Å². The molecule has 3 heterocycles. The van der Waals surface area contributed by atoms with Crippen LogP contribution in [0.15, 0.2) is 79.0 Å². The van der Waals surface area contributed by atoms with E-state index in [0.29, 0.717) is 16.5 Å². The number of hydrogen-bond acceptors (Lipinski definition) is 4. The predicted octanol–water partition coefficient (Wildman–Crippen LogP) is 5.07. The first-order valence-corrected chi connectivity index (χ1v) is 11.6. The summed E-state index contributed by atoms with van der Waals surface area (Å²) in [5, 5.41) is 24.4. The normalized spacial score (nSPS) is 17.4.